The zero-order chi connectivity index (χ0) is 12.3. The van der Waals surface area contributed by atoms with Crippen molar-refractivity contribution in [3.05, 3.63) is 28.7 Å². The van der Waals surface area contributed by atoms with E-state index in [2.05, 4.69) is 27.4 Å². The molecule has 1 aliphatic rings. The van der Waals surface area contributed by atoms with E-state index in [1.54, 1.807) is 0 Å². The maximum Gasteiger partial charge on any atom is 0.226 e. The molecule has 0 saturated heterocycles. The van der Waals surface area contributed by atoms with Crippen LogP contribution in [-0.4, -0.2) is 15.9 Å². The highest BCUT2D eigenvalue weighted by Gasteiger charge is 2.16. The predicted octanol–water partition coefficient (Wildman–Crippen LogP) is 3.08. The van der Waals surface area contributed by atoms with Crippen molar-refractivity contribution in [3.63, 3.8) is 0 Å². The number of hydrogen-bond donors (Lipinski definition) is 1. The van der Waals surface area contributed by atoms with Gasteiger partial charge in [0, 0.05) is 6.42 Å². The number of halogens is 2. The van der Waals surface area contributed by atoms with Crippen LogP contribution in [0, 0.1) is 5.92 Å². The van der Waals surface area contributed by atoms with Gasteiger partial charge < -0.3 is 5.32 Å². The van der Waals surface area contributed by atoms with Crippen molar-refractivity contribution in [1.82, 2.24) is 9.97 Å². The SMILES string of the molecule is O=C(CC1C=CCC1)Nc1ncnc(Cl)c1Cl. The number of amides is 1. The maximum atomic E-state index is 11.7. The van der Waals surface area contributed by atoms with E-state index >= 15 is 0 Å². The lowest BCUT2D eigenvalue weighted by Gasteiger charge is -2.09. The first-order valence-electron chi connectivity index (χ1n) is 5.29. The molecule has 0 radical (unpaired) electrons. The number of nitrogens with zero attached hydrogens (tertiary/aromatic N) is 2. The molecule has 1 N–H and O–H groups in total. The number of allylic oxidation sites excluding steroid dienone is 2. The van der Waals surface area contributed by atoms with Gasteiger partial charge in [0.05, 0.1) is 0 Å². The summed E-state index contributed by atoms with van der Waals surface area (Å²) in [5.41, 5.74) is 0. The monoisotopic (exact) mass is 271 g/mol. The highest BCUT2D eigenvalue weighted by atomic mass is 35.5. The predicted molar refractivity (Wildman–Crippen MR) is 67.2 cm³/mol. The lowest BCUT2D eigenvalue weighted by atomic mass is 10.1. The van der Waals surface area contributed by atoms with Crippen molar-refractivity contribution < 1.29 is 4.79 Å². The Kier molecular flexibility index (Phi) is 3.97. The average molecular weight is 272 g/mol. The van der Waals surface area contributed by atoms with Gasteiger partial charge >= 0.3 is 0 Å². The van der Waals surface area contributed by atoms with Gasteiger partial charge in [0.25, 0.3) is 0 Å². The summed E-state index contributed by atoms with van der Waals surface area (Å²) in [7, 11) is 0. The summed E-state index contributed by atoms with van der Waals surface area (Å²) in [6.07, 6.45) is 7.91. The van der Waals surface area contributed by atoms with Crippen molar-refractivity contribution >= 4 is 34.9 Å². The van der Waals surface area contributed by atoms with Gasteiger partial charge in [-0.2, -0.15) is 0 Å². The second-order valence-electron chi connectivity index (χ2n) is 3.84. The third-order valence-electron chi connectivity index (χ3n) is 2.56. The molecule has 1 aromatic heterocycles. The first-order valence-corrected chi connectivity index (χ1v) is 6.05. The normalized spacial score (nSPS) is 18.4. The van der Waals surface area contributed by atoms with E-state index in [0.717, 1.165) is 12.8 Å². The number of anilines is 1. The van der Waals surface area contributed by atoms with E-state index in [-0.39, 0.29) is 21.9 Å². The molecular weight excluding hydrogens is 261 g/mol. The Bertz CT molecular complexity index is 462. The lowest BCUT2D eigenvalue weighted by molar-refractivity contribution is -0.116. The second-order valence-corrected chi connectivity index (χ2v) is 4.58. The number of carbonyl (C=O) groups excluding carboxylic acids is 1. The molecule has 1 unspecified atom stereocenters. The second kappa shape index (κ2) is 5.47. The highest BCUT2D eigenvalue weighted by molar-refractivity contribution is 6.42. The molecule has 0 bridgehead atoms. The molecule has 17 heavy (non-hydrogen) atoms. The van der Waals surface area contributed by atoms with Gasteiger partial charge in [0.2, 0.25) is 5.91 Å². The molecular formula is C11H11Cl2N3O. The third kappa shape index (κ3) is 3.17. The van der Waals surface area contributed by atoms with Crippen LogP contribution in [0.2, 0.25) is 10.2 Å². The molecule has 1 aliphatic carbocycles. The van der Waals surface area contributed by atoms with Crippen LogP contribution in [0.5, 0.6) is 0 Å². The zero-order valence-corrected chi connectivity index (χ0v) is 10.5. The van der Waals surface area contributed by atoms with E-state index in [9.17, 15) is 4.79 Å². The van der Waals surface area contributed by atoms with Gasteiger partial charge in [-0.05, 0) is 18.8 Å². The smallest absolute Gasteiger partial charge is 0.226 e. The third-order valence-corrected chi connectivity index (χ3v) is 3.31. The van der Waals surface area contributed by atoms with Crippen LogP contribution in [0.1, 0.15) is 19.3 Å². The Labute approximate surface area is 109 Å². The van der Waals surface area contributed by atoms with Gasteiger partial charge in [-0.25, -0.2) is 9.97 Å². The lowest BCUT2D eigenvalue weighted by Crippen LogP contribution is -2.16. The molecule has 0 spiro atoms. The van der Waals surface area contributed by atoms with E-state index < -0.39 is 0 Å². The number of carbonyl (C=O) groups is 1. The van der Waals surface area contributed by atoms with Crippen LogP contribution in [0.3, 0.4) is 0 Å². The molecule has 4 nitrogen and oxygen atoms in total. The molecule has 1 atom stereocenters. The highest BCUT2D eigenvalue weighted by Crippen LogP contribution is 2.26. The van der Waals surface area contributed by atoms with Crippen LogP contribution < -0.4 is 5.32 Å². The molecule has 6 heteroatoms. The van der Waals surface area contributed by atoms with Crippen LogP contribution in [0.4, 0.5) is 5.82 Å². The minimum absolute atomic E-state index is 0.113. The fourth-order valence-corrected chi connectivity index (χ4v) is 2.00. The molecule has 2 rings (SSSR count). The van der Waals surface area contributed by atoms with E-state index in [1.807, 2.05) is 0 Å². The van der Waals surface area contributed by atoms with Gasteiger partial charge in [-0.3, -0.25) is 4.79 Å². The van der Waals surface area contributed by atoms with Gasteiger partial charge in [-0.15, -0.1) is 0 Å². The van der Waals surface area contributed by atoms with Gasteiger partial charge in [-0.1, -0.05) is 35.4 Å². The molecule has 1 heterocycles. The van der Waals surface area contributed by atoms with Gasteiger partial charge in [0.15, 0.2) is 11.0 Å². The van der Waals surface area contributed by atoms with Crippen molar-refractivity contribution in [2.45, 2.75) is 19.3 Å². The number of rotatable bonds is 3. The molecule has 1 aromatic rings. The Morgan fingerprint density at radius 3 is 3.00 bits per heavy atom. The first-order chi connectivity index (χ1) is 8.16. The van der Waals surface area contributed by atoms with E-state index in [1.165, 1.54) is 6.33 Å². The Balaban J connectivity index is 1.98. The minimum Gasteiger partial charge on any atom is -0.309 e. The topological polar surface area (TPSA) is 54.9 Å². The molecule has 0 fully saturated rings. The van der Waals surface area contributed by atoms with E-state index in [0.29, 0.717) is 12.3 Å². The first kappa shape index (κ1) is 12.3. The summed E-state index contributed by atoms with van der Waals surface area (Å²) in [6.45, 7) is 0. The molecule has 0 aliphatic heterocycles. The van der Waals surface area contributed by atoms with Crippen LogP contribution in [0.25, 0.3) is 0 Å². The van der Waals surface area contributed by atoms with Crippen LogP contribution >= 0.6 is 23.2 Å². The van der Waals surface area contributed by atoms with Crippen molar-refractivity contribution in [2.75, 3.05) is 5.32 Å². The fourth-order valence-electron chi connectivity index (χ4n) is 1.72. The zero-order valence-electron chi connectivity index (χ0n) is 8.99. The number of hydrogen-bond acceptors (Lipinski definition) is 3. The quantitative estimate of drug-likeness (QED) is 0.679. The Hall–Kier alpha value is -1.13. The van der Waals surface area contributed by atoms with Crippen molar-refractivity contribution in [1.29, 1.82) is 0 Å². The maximum absolute atomic E-state index is 11.7. The summed E-state index contributed by atoms with van der Waals surface area (Å²) in [4.78, 5) is 19.3. The summed E-state index contributed by atoms with van der Waals surface area (Å²) >= 11 is 11.6. The molecule has 90 valence electrons. The summed E-state index contributed by atoms with van der Waals surface area (Å²) in [5, 5.41) is 2.95. The van der Waals surface area contributed by atoms with Crippen molar-refractivity contribution in [2.24, 2.45) is 5.92 Å². The standard InChI is InChI=1S/C11H11Cl2N3O/c12-9-10(13)14-6-15-11(9)16-8(17)5-7-3-1-2-4-7/h1,3,6-7H,2,4-5H2,(H,14,15,16,17). The average Bonchev–Trinajstić information content (AvgIpc) is 2.77. The molecule has 1 amide bonds. The minimum atomic E-state index is -0.113. The van der Waals surface area contributed by atoms with Crippen LogP contribution in [-0.2, 0) is 4.79 Å². The summed E-state index contributed by atoms with van der Waals surface area (Å²) < 4.78 is 0. The van der Waals surface area contributed by atoms with E-state index in [4.69, 9.17) is 23.2 Å². The van der Waals surface area contributed by atoms with Gasteiger partial charge in [0.1, 0.15) is 11.3 Å². The largest absolute Gasteiger partial charge is 0.309 e. The molecule has 0 aromatic carbocycles. The Morgan fingerprint density at radius 2 is 2.29 bits per heavy atom. The number of aromatic nitrogens is 2. The van der Waals surface area contributed by atoms with Crippen LogP contribution in [0.15, 0.2) is 18.5 Å². The summed E-state index contributed by atoms with van der Waals surface area (Å²) in [6, 6.07) is 0. The van der Waals surface area contributed by atoms with Crippen molar-refractivity contribution in [3.8, 4) is 0 Å². The fraction of sp³-hybridized carbons (Fsp3) is 0.364. The number of nitrogens with one attached hydrogen (secondary N) is 1. The summed E-state index contributed by atoms with van der Waals surface area (Å²) in [5.74, 6) is 0.461. The Morgan fingerprint density at radius 1 is 1.47 bits per heavy atom. The molecule has 0 saturated carbocycles.